The molecule has 1 aromatic carbocycles. The number of pyridine rings is 1. The summed E-state index contributed by atoms with van der Waals surface area (Å²) in [7, 11) is 1.94. The molecule has 134 valence electrons. The molecule has 5 heteroatoms. The van der Waals surface area contributed by atoms with Crippen LogP contribution in [-0.4, -0.2) is 31.4 Å². The molecule has 3 aromatic rings. The van der Waals surface area contributed by atoms with E-state index in [0.29, 0.717) is 12.2 Å². The van der Waals surface area contributed by atoms with Gasteiger partial charge in [0, 0.05) is 31.7 Å². The number of carbonyl (C=O) groups excluding carboxylic acids is 1. The molecule has 0 saturated heterocycles. The van der Waals surface area contributed by atoms with Crippen LogP contribution in [0.5, 0.6) is 0 Å². The monoisotopic (exact) mass is 348 g/mol. The van der Waals surface area contributed by atoms with Crippen molar-refractivity contribution in [3.63, 3.8) is 0 Å². The van der Waals surface area contributed by atoms with Gasteiger partial charge in [0.2, 0.25) is 0 Å². The highest BCUT2D eigenvalue weighted by atomic mass is 16.2. The third-order valence-electron chi connectivity index (χ3n) is 4.60. The van der Waals surface area contributed by atoms with Crippen LogP contribution in [0.25, 0.3) is 0 Å². The Bertz CT molecular complexity index is 829. The number of amides is 1. The second kappa shape index (κ2) is 8.43. The van der Waals surface area contributed by atoms with Crippen molar-refractivity contribution >= 4 is 5.91 Å². The van der Waals surface area contributed by atoms with Crippen LogP contribution in [0, 0.1) is 0 Å². The maximum absolute atomic E-state index is 13.1. The van der Waals surface area contributed by atoms with Crippen molar-refractivity contribution in [3.05, 3.63) is 84.2 Å². The maximum atomic E-state index is 13.1. The van der Waals surface area contributed by atoms with E-state index in [-0.39, 0.29) is 11.9 Å². The van der Waals surface area contributed by atoms with E-state index in [2.05, 4.69) is 29.0 Å². The number of hydrogen-bond acceptors (Lipinski definition) is 3. The molecule has 0 N–H and O–H groups in total. The van der Waals surface area contributed by atoms with Crippen molar-refractivity contribution in [2.45, 2.75) is 32.4 Å². The second-order valence-electron chi connectivity index (χ2n) is 6.48. The van der Waals surface area contributed by atoms with Crippen LogP contribution in [0.3, 0.4) is 0 Å². The Morgan fingerprint density at radius 2 is 1.85 bits per heavy atom. The minimum atomic E-state index is -0.0610. The fourth-order valence-corrected chi connectivity index (χ4v) is 2.94. The molecule has 0 aliphatic carbocycles. The van der Waals surface area contributed by atoms with Crippen LogP contribution in [-0.2, 0) is 20.0 Å². The smallest absolute Gasteiger partial charge is 0.273 e. The van der Waals surface area contributed by atoms with Gasteiger partial charge in [0.15, 0.2) is 0 Å². The van der Waals surface area contributed by atoms with Crippen molar-refractivity contribution < 1.29 is 4.79 Å². The quantitative estimate of drug-likeness (QED) is 0.657. The SMILES string of the molecule is C[C@@H](CCc1ccccc1)N(Cc1nccn1C)C(=O)c1ccccn1. The van der Waals surface area contributed by atoms with Gasteiger partial charge in [-0.1, -0.05) is 36.4 Å². The Morgan fingerprint density at radius 1 is 1.08 bits per heavy atom. The molecule has 1 amide bonds. The lowest BCUT2D eigenvalue weighted by Crippen LogP contribution is -2.39. The highest BCUT2D eigenvalue weighted by Crippen LogP contribution is 2.16. The lowest BCUT2D eigenvalue weighted by atomic mass is 10.0. The van der Waals surface area contributed by atoms with E-state index in [1.807, 2.05) is 53.0 Å². The number of hydrogen-bond donors (Lipinski definition) is 0. The molecule has 1 atom stereocenters. The summed E-state index contributed by atoms with van der Waals surface area (Å²) in [5, 5.41) is 0. The van der Waals surface area contributed by atoms with Crippen molar-refractivity contribution in [1.29, 1.82) is 0 Å². The summed E-state index contributed by atoms with van der Waals surface area (Å²) >= 11 is 0. The van der Waals surface area contributed by atoms with Crippen molar-refractivity contribution in [2.75, 3.05) is 0 Å². The average Bonchev–Trinajstić information content (AvgIpc) is 3.10. The number of carbonyl (C=O) groups is 1. The zero-order valence-corrected chi connectivity index (χ0v) is 15.2. The minimum Gasteiger partial charge on any atom is -0.337 e. The van der Waals surface area contributed by atoms with Gasteiger partial charge >= 0.3 is 0 Å². The summed E-state index contributed by atoms with van der Waals surface area (Å²) in [4.78, 5) is 23.5. The third-order valence-corrected chi connectivity index (χ3v) is 4.60. The van der Waals surface area contributed by atoms with Crippen LogP contribution in [0.4, 0.5) is 0 Å². The first-order chi connectivity index (χ1) is 12.6. The summed E-state index contributed by atoms with van der Waals surface area (Å²) in [6.45, 7) is 2.56. The topological polar surface area (TPSA) is 51.0 Å². The fourth-order valence-electron chi connectivity index (χ4n) is 2.94. The van der Waals surface area contributed by atoms with Gasteiger partial charge in [-0.3, -0.25) is 9.78 Å². The molecular formula is C21H24N4O. The maximum Gasteiger partial charge on any atom is 0.273 e. The van der Waals surface area contributed by atoms with Crippen molar-refractivity contribution in [3.8, 4) is 0 Å². The summed E-state index contributed by atoms with van der Waals surface area (Å²) in [6.07, 6.45) is 7.11. The van der Waals surface area contributed by atoms with E-state index in [4.69, 9.17) is 0 Å². The molecule has 0 bridgehead atoms. The van der Waals surface area contributed by atoms with E-state index in [0.717, 1.165) is 18.7 Å². The van der Waals surface area contributed by atoms with E-state index < -0.39 is 0 Å². The number of aromatic nitrogens is 3. The van der Waals surface area contributed by atoms with Crippen LogP contribution < -0.4 is 0 Å². The third kappa shape index (κ3) is 4.36. The zero-order chi connectivity index (χ0) is 18.4. The van der Waals surface area contributed by atoms with Crippen LogP contribution in [0.1, 0.15) is 35.2 Å². The Hall–Kier alpha value is -2.95. The van der Waals surface area contributed by atoms with Gasteiger partial charge in [-0.25, -0.2) is 4.98 Å². The summed E-state index contributed by atoms with van der Waals surface area (Å²) in [5.41, 5.74) is 1.75. The summed E-state index contributed by atoms with van der Waals surface area (Å²) < 4.78 is 1.95. The van der Waals surface area contributed by atoms with Crippen molar-refractivity contribution in [1.82, 2.24) is 19.4 Å². The molecule has 26 heavy (non-hydrogen) atoms. The first-order valence-corrected chi connectivity index (χ1v) is 8.87. The summed E-state index contributed by atoms with van der Waals surface area (Å²) in [5.74, 6) is 0.801. The van der Waals surface area contributed by atoms with E-state index in [9.17, 15) is 4.79 Å². The van der Waals surface area contributed by atoms with Gasteiger partial charge in [-0.05, 0) is 37.5 Å². The van der Waals surface area contributed by atoms with Crippen LogP contribution in [0.15, 0.2) is 67.1 Å². The van der Waals surface area contributed by atoms with Crippen LogP contribution in [0.2, 0.25) is 0 Å². The van der Waals surface area contributed by atoms with Crippen molar-refractivity contribution in [2.24, 2.45) is 7.05 Å². The first kappa shape index (κ1) is 17.9. The Morgan fingerprint density at radius 3 is 2.50 bits per heavy atom. The molecule has 0 saturated carbocycles. The first-order valence-electron chi connectivity index (χ1n) is 8.87. The number of rotatable bonds is 7. The van der Waals surface area contributed by atoms with Gasteiger partial charge in [-0.15, -0.1) is 0 Å². The minimum absolute atomic E-state index is 0.0610. The molecule has 2 heterocycles. The van der Waals surface area contributed by atoms with E-state index in [1.54, 1.807) is 18.5 Å². The second-order valence-corrected chi connectivity index (χ2v) is 6.48. The molecule has 2 aromatic heterocycles. The van der Waals surface area contributed by atoms with Gasteiger partial charge in [-0.2, -0.15) is 0 Å². The molecule has 0 radical (unpaired) electrons. The lowest BCUT2D eigenvalue weighted by molar-refractivity contribution is 0.0654. The number of nitrogens with zero attached hydrogens (tertiary/aromatic N) is 4. The molecule has 5 nitrogen and oxygen atoms in total. The van der Waals surface area contributed by atoms with E-state index in [1.165, 1.54) is 5.56 Å². The molecule has 3 rings (SSSR count). The largest absolute Gasteiger partial charge is 0.337 e. The number of benzene rings is 1. The van der Waals surface area contributed by atoms with Gasteiger partial charge in [0.25, 0.3) is 5.91 Å². The normalized spacial score (nSPS) is 11.9. The zero-order valence-electron chi connectivity index (χ0n) is 15.2. The molecule has 0 fully saturated rings. The highest BCUT2D eigenvalue weighted by Gasteiger charge is 2.24. The molecule has 0 aliphatic heterocycles. The van der Waals surface area contributed by atoms with Gasteiger partial charge in [0.05, 0.1) is 6.54 Å². The van der Waals surface area contributed by atoms with Crippen LogP contribution >= 0.6 is 0 Å². The molecule has 0 spiro atoms. The number of aryl methyl sites for hydroxylation is 2. The Balaban J connectivity index is 1.77. The van der Waals surface area contributed by atoms with Gasteiger partial charge < -0.3 is 9.47 Å². The summed E-state index contributed by atoms with van der Waals surface area (Å²) in [6, 6.07) is 15.8. The predicted octanol–water partition coefficient (Wildman–Crippen LogP) is 3.48. The molecule has 0 aliphatic rings. The standard InChI is InChI=1S/C21H24N4O/c1-17(11-12-18-8-4-3-5-9-18)25(16-20-23-14-15-24(20)2)21(26)19-10-6-7-13-22-19/h3-10,13-15,17H,11-12,16H2,1-2H3/t17-/m0/s1. The molecular weight excluding hydrogens is 324 g/mol. The van der Waals surface area contributed by atoms with E-state index >= 15 is 0 Å². The fraction of sp³-hybridized carbons (Fsp3) is 0.286. The Labute approximate surface area is 154 Å². The molecule has 0 unspecified atom stereocenters. The average molecular weight is 348 g/mol. The predicted molar refractivity (Wildman–Crippen MR) is 102 cm³/mol. The highest BCUT2D eigenvalue weighted by molar-refractivity contribution is 5.92. The lowest BCUT2D eigenvalue weighted by Gasteiger charge is -2.29. The number of imidazole rings is 1. The van der Waals surface area contributed by atoms with Gasteiger partial charge in [0.1, 0.15) is 11.5 Å². The Kier molecular flexibility index (Phi) is 5.79.